The Morgan fingerprint density at radius 1 is 1.00 bits per heavy atom. The number of para-hydroxylation sites is 2. The fourth-order valence-corrected chi connectivity index (χ4v) is 4.28. The van der Waals surface area contributed by atoms with Crippen molar-refractivity contribution in [2.75, 3.05) is 49.6 Å². The van der Waals surface area contributed by atoms with Gasteiger partial charge < -0.3 is 19.4 Å². The van der Waals surface area contributed by atoms with Gasteiger partial charge in [-0.2, -0.15) is 4.98 Å². The molecule has 2 aliphatic heterocycles. The lowest BCUT2D eigenvalue weighted by atomic mass is 9.96. The molecule has 7 heteroatoms. The van der Waals surface area contributed by atoms with Gasteiger partial charge in [0.2, 0.25) is 5.91 Å². The van der Waals surface area contributed by atoms with Crippen LogP contribution in [0.1, 0.15) is 18.4 Å². The summed E-state index contributed by atoms with van der Waals surface area (Å²) in [6, 6.07) is 16.6. The minimum atomic E-state index is 0.00801. The van der Waals surface area contributed by atoms with E-state index < -0.39 is 0 Å². The molecule has 0 atom stereocenters. The molecule has 3 aromatic rings. The number of ether oxygens (including phenoxy) is 1. The third-order valence-corrected chi connectivity index (χ3v) is 6.15. The highest BCUT2D eigenvalue weighted by Crippen LogP contribution is 2.27. The number of anilines is 2. The van der Waals surface area contributed by atoms with Gasteiger partial charge in [0, 0.05) is 44.3 Å². The van der Waals surface area contributed by atoms with Crippen molar-refractivity contribution in [1.82, 2.24) is 9.88 Å². The summed E-state index contributed by atoms with van der Waals surface area (Å²) in [5.41, 5.74) is 3.78. The second-order valence-electron chi connectivity index (χ2n) is 8.30. The van der Waals surface area contributed by atoms with Crippen molar-refractivity contribution in [3.05, 3.63) is 54.1 Å². The zero-order valence-electron chi connectivity index (χ0n) is 17.6. The number of amides is 1. The van der Waals surface area contributed by atoms with E-state index in [1.165, 1.54) is 5.56 Å². The Hall–Kier alpha value is -2.90. The molecule has 162 valence electrons. The van der Waals surface area contributed by atoms with E-state index in [2.05, 4.69) is 32.2 Å². The summed E-state index contributed by atoms with van der Waals surface area (Å²) in [6.07, 6.45) is 1.58. The standard InChI is InChI=1S/C24H28N4O3/c29-23(25-20-7-5-18(6-8-20)17-27-13-15-30-16-14-27)19-9-11-28(12-10-19)24-26-21-3-1-2-4-22(21)31-24/h1-8,19H,9-17H2,(H,25,29). The van der Waals surface area contributed by atoms with Crippen LogP contribution in [0.25, 0.3) is 11.1 Å². The van der Waals surface area contributed by atoms with Crippen LogP contribution in [-0.4, -0.2) is 55.2 Å². The number of oxazole rings is 1. The monoisotopic (exact) mass is 420 g/mol. The van der Waals surface area contributed by atoms with Gasteiger partial charge >= 0.3 is 0 Å². The van der Waals surface area contributed by atoms with Crippen molar-refractivity contribution < 1.29 is 13.9 Å². The van der Waals surface area contributed by atoms with Crippen LogP contribution in [0.5, 0.6) is 0 Å². The molecule has 1 N–H and O–H groups in total. The van der Waals surface area contributed by atoms with Crippen molar-refractivity contribution in [3.63, 3.8) is 0 Å². The van der Waals surface area contributed by atoms with Gasteiger partial charge in [0.05, 0.1) is 13.2 Å². The normalized spacial score (nSPS) is 18.4. The Balaban J connectivity index is 1.12. The smallest absolute Gasteiger partial charge is 0.298 e. The molecule has 2 aromatic carbocycles. The van der Waals surface area contributed by atoms with Crippen LogP contribution in [0, 0.1) is 5.92 Å². The molecule has 2 aliphatic rings. The molecule has 0 spiro atoms. The molecule has 0 unspecified atom stereocenters. The summed E-state index contributed by atoms with van der Waals surface area (Å²) in [6.45, 7) is 6.01. The van der Waals surface area contributed by atoms with Crippen LogP contribution in [-0.2, 0) is 16.1 Å². The lowest BCUT2D eigenvalue weighted by molar-refractivity contribution is -0.120. The molecule has 5 rings (SSSR count). The second-order valence-corrected chi connectivity index (χ2v) is 8.30. The molecule has 2 saturated heterocycles. The van der Waals surface area contributed by atoms with E-state index >= 15 is 0 Å². The highest BCUT2D eigenvalue weighted by Gasteiger charge is 2.27. The van der Waals surface area contributed by atoms with Crippen molar-refractivity contribution in [2.45, 2.75) is 19.4 Å². The molecule has 2 fully saturated rings. The van der Waals surface area contributed by atoms with Crippen LogP contribution in [0.4, 0.5) is 11.7 Å². The summed E-state index contributed by atoms with van der Waals surface area (Å²) < 4.78 is 11.3. The van der Waals surface area contributed by atoms with Gasteiger partial charge in [0.15, 0.2) is 5.58 Å². The van der Waals surface area contributed by atoms with Gasteiger partial charge in [0.25, 0.3) is 6.01 Å². The number of nitrogens with one attached hydrogen (secondary N) is 1. The number of hydrogen-bond acceptors (Lipinski definition) is 6. The maximum atomic E-state index is 12.8. The fraction of sp³-hybridized carbons (Fsp3) is 0.417. The van der Waals surface area contributed by atoms with Gasteiger partial charge in [-0.05, 0) is 42.7 Å². The number of carbonyl (C=O) groups is 1. The van der Waals surface area contributed by atoms with Gasteiger partial charge in [-0.15, -0.1) is 0 Å². The van der Waals surface area contributed by atoms with Crippen molar-refractivity contribution in [1.29, 1.82) is 0 Å². The van der Waals surface area contributed by atoms with Crippen molar-refractivity contribution in [2.24, 2.45) is 5.92 Å². The molecule has 1 amide bonds. The lowest BCUT2D eigenvalue weighted by Gasteiger charge is -2.30. The number of aromatic nitrogens is 1. The average Bonchev–Trinajstić information content (AvgIpc) is 3.25. The third-order valence-electron chi connectivity index (χ3n) is 6.15. The molecule has 7 nitrogen and oxygen atoms in total. The van der Waals surface area contributed by atoms with Crippen molar-refractivity contribution >= 4 is 28.7 Å². The molecule has 0 bridgehead atoms. The van der Waals surface area contributed by atoms with E-state index in [0.717, 1.165) is 75.6 Å². The van der Waals surface area contributed by atoms with Crippen LogP contribution >= 0.6 is 0 Å². The summed E-state index contributed by atoms with van der Waals surface area (Å²) in [7, 11) is 0. The van der Waals surface area contributed by atoms with E-state index in [4.69, 9.17) is 9.15 Å². The van der Waals surface area contributed by atoms with Crippen LogP contribution in [0.2, 0.25) is 0 Å². The number of fused-ring (bicyclic) bond motifs is 1. The average molecular weight is 421 g/mol. The molecular weight excluding hydrogens is 392 g/mol. The second kappa shape index (κ2) is 9.08. The zero-order valence-corrected chi connectivity index (χ0v) is 17.6. The predicted octanol–water partition coefficient (Wildman–Crippen LogP) is 3.52. The third kappa shape index (κ3) is 4.73. The highest BCUT2D eigenvalue weighted by atomic mass is 16.5. The van der Waals surface area contributed by atoms with Gasteiger partial charge in [0.1, 0.15) is 5.52 Å². The molecule has 1 aromatic heterocycles. The van der Waals surface area contributed by atoms with Gasteiger partial charge in [-0.1, -0.05) is 24.3 Å². The predicted molar refractivity (Wildman–Crippen MR) is 120 cm³/mol. The summed E-state index contributed by atoms with van der Waals surface area (Å²) in [4.78, 5) is 21.9. The topological polar surface area (TPSA) is 70.8 Å². The van der Waals surface area contributed by atoms with E-state index in [-0.39, 0.29) is 11.8 Å². The summed E-state index contributed by atoms with van der Waals surface area (Å²) >= 11 is 0. The van der Waals surface area contributed by atoms with E-state index in [1.807, 2.05) is 36.4 Å². The Morgan fingerprint density at radius 3 is 2.48 bits per heavy atom. The first kappa shape index (κ1) is 20.0. The molecule has 0 saturated carbocycles. The Bertz CT molecular complexity index is 986. The van der Waals surface area contributed by atoms with Gasteiger partial charge in [-0.3, -0.25) is 9.69 Å². The number of morpholine rings is 1. The maximum Gasteiger partial charge on any atom is 0.298 e. The van der Waals surface area contributed by atoms with E-state index in [0.29, 0.717) is 6.01 Å². The Morgan fingerprint density at radius 2 is 1.74 bits per heavy atom. The number of hydrogen-bond donors (Lipinski definition) is 1. The first-order chi connectivity index (χ1) is 15.2. The first-order valence-electron chi connectivity index (χ1n) is 11.0. The molecule has 3 heterocycles. The van der Waals surface area contributed by atoms with Crippen LogP contribution in [0.3, 0.4) is 0 Å². The number of piperidine rings is 1. The Labute approximate surface area is 182 Å². The minimum absolute atomic E-state index is 0.00801. The highest BCUT2D eigenvalue weighted by molar-refractivity contribution is 5.92. The molecule has 31 heavy (non-hydrogen) atoms. The quantitative estimate of drug-likeness (QED) is 0.681. The minimum Gasteiger partial charge on any atom is -0.423 e. The first-order valence-corrected chi connectivity index (χ1v) is 11.0. The van der Waals surface area contributed by atoms with Gasteiger partial charge in [-0.25, -0.2) is 0 Å². The van der Waals surface area contributed by atoms with Crippen molar-refractivity contribution in [3.8, 4) is 0 Å². The number of carbonyl (C=O) groups excluding carboxylic acids is 1. The Kier molecular flexibility index (Phi) is 5.86. The summed E-state index contributed by atoms with van der Waals surface area (Å²) in [5, 5.41) is 3.09. The fourth-order valence-electron chi connectivity index (χ4n) is 4.28. The summed E-state index contributed by atoms with van der Waals surface area (Å²) in [5.74, 6) is 0.104. The lowest BCUT2D eigenvalue weighted by Crippen LogP contribution is -2.38. The molecular formula is C24H28N4O3. The molecule has 0 aliphatic carbocycles. The largest absolute Gasteiger partial charge is 0.423 e. The SMILES string of the molecule is O=C(Nc1ccc(CN2CCOCC2)cc1)C1CCN(c2nc3ccccc3o2)CC1. The van der Waals surface area contributed by atoms with Crippen LogP contribution in [0.15, 0.2) is 52.9 Å². The van der Waals surface area contributed by atoms with E-state index in [9.17, 15) is 4.79 Å². The molecule has 0 radical (unpaired) electrons. The number of nitrogens with zero attached hydrogens (tertiary/aromatic N) is 3. The zero-order chi connectivity index (χ0) is 21.0. The van der Waals surface area contributed by atoms with E-state index in [1.54, 1.807) is 0 Å². The number of rotatable bonds is 5. The van der Waals surface area contributed by atoms with Crippen LogP contribution < -0.4 is 10.2 Å². The number of benzene rings is 2. The maximum absolute atomic E-state index is 12.8.